The molecular formula is C13H21N3O. The summed E-state index contributed by atoms with van der Waals surface area (Å²) >= 11 is 0. The van der Waals surface area contributed by atoms with Gasteiger partial charge in [0, 0.05) is 30.9 Å². The molecule has 0 radical (unpaired) electrons. The Labute approximate surface area is 102 Å². The van der Waals surface area contributed by atoms with Crippen LogP contribution >= 0.6 is 0 Å². The van der Waals surface area contributed by atoms with Crippen molar-refractivity contribution in [2.24, 2.45) is 5.73 Å². The molecule has 0 aliphatic carbocycles. The summed E-state index contributed by atoms with van der Waals surface area (Å²) in [7, 11) is 0. The highest BCUT2D eigenvalue weighted by Gasteiger charge is 2.27. The number of carbonyl (C=O) groups is 1. The Kier molecular flexibility index (Phi) is 3.52. The second-order valence-corrected chi connectivity index (χ2v) is 4.71. The minimum atomic E-state index is 0.183. The summed E-state index contributed by atoms with van der Waals surface area (Å²) in [6.45, 7) is 6.52. The van der Waals surface area contributed by atoms with E-state index in [9.17, 15) is 4.79 Å². The van der Waals surface area contributed by atoms with Gasteiger partial charge in [-0.05, 0) is 38.9 Å². The zero-order valence-electron chi connectivity index (χ0n) is 10.6. The van der Waals surface area contributed by atoms with Crippen LogP contribution in [-0.4, -0.2) is 28.5 Å². The number of hydrogen-bond acceptors (Lipinski definition) is 2. The first kappa shape index (κ1) is 12.2. The third kappa shape index (κ3) is 2.22. The lowest BCUT2D eigenvalue weighted by Crippen LogP contribution is -2.41. The average molecular weight is 235 g/mol. The van der Waals surface area contributed by atoms with Gasteiger partial charge in [0.15, 0.2) is 0 Å². The second kappa shape index (κ2) is 4.92. The Hall–Kier alpha value is -1.29. The van der Waals surface area contributed by atoms with E-state index in [2.05, 4.69) is 30.5 Å². The summed E-state index contributed by atoms with van der Waals surface area (Å²) in [5.74, 6) is 0.230. The quantitative estimate of drug-likeness (QED) is 0.862. The van der Waals surface area contributed by atoms with Gasteiger partial charge in [0.25, 0.3) is 0 Å². The minimum Gasteiger partial charge on any atom is -0.345 e. The third-order valence-corrected chi connectivity index (χ3v) is 3.61. The summed E-state index contributed by atoms with van der Waals surface area (Å²) in [5.41, 5.74) is 7.97. The number of carbonyl (C=O) groups excluding carboxylic acids is 1. The van der Waals surface area contributed by atoms with E-state index in [1.54, 1.807) is 0 Å². The molecule has 0 fully saturated rings. The van der Waals surface area contributed by atoms with E-state index in [0.717, 1.165) is 19.5 Å². The molecule has 2 heterocycles. The molecule has 4 heteroatoms. The number of amides is 1. The van der Waals surface area contributed by atoms with Gasteiger partial charge in [-0.3, -0.25) is 4.79 Å². The molecule has 2 rings (SSSR count). The predicted molar refractivity (Wildman–Crippen MR) is 67.6 cm³/mol. The first-order valence-corrected chi connectivity index (χ1v) is 6.30. The first-order valence-electron chi connectivity index (χ1n) is 6.30. The van der Waals surface area contributed by atoms with Crippen molar-refractivity contribution in [1.29, 1.82) is 0 Å². The lowest BCUT2D eigenvalue weighted by atomic mass is 10.1. The highest BCUT2D eigenvalue weighted by Crippen LogP contribution is 2.27. The van der Waals surface area contributed by atoms with Gasteiger partial charge >= 0.3 is 0 Å². The van der Waals surface area contributed by atoms with Crippen LogP contribution in [0, 0.1) is 6.92 Å². The zero-order chi connectivity index (χ0) is 12.4. The summed E-state index contributed by atoms with van der Waals surface area (Å²) in [5, 5.41) is 0. The molecule has 0 bridgehead atoms. The molecule has 1 unspecified atom stereocenters. The van der Waals surface area contributed by atoms with Crippen molar-refractivity contribution in [2.75, 3.05) is 13.1 Å². The molecule has 1 aliphatic heterocycles. The van der Waals surface area contributed by atoms with Crippen LogP contribution in [0.5, 0.6) is 0 Å². The summed E-state index contributed by atoms with van der Waals surface area (Å²) in [6, 6.07) is 4.44. The Morgan fingerprint density at radius 3 is 2.94 bits per heavy atom. The van der Waals surface area contributed by atoms with Crippen LogP contribution in [0.3, 0.4) is 0 Å². The molecule has 94 valence electrons. The number of aromatic nitrogens is 1. The van der Waals surface area contributed by atoms with Crippen molar-refractivity contribution in [3.05, 3.63) is 23.5 Å². The lowest BCUT2D eigenvalue weighted by Gasteiger charge is -2.35. The Balaban J connectivity index is 2.11. The minimum absolute atomic E-state index is 0.183. The molecule has 1 aliphatic rings. The van der Waals surface area contributed by atoms with Gasteiger partial charge in [-0.2, -0.15) is 0 Å². The maximum absolute atomic E-state index is 12.0. The van der Waals surface area contributed by atoms with E-state index < -0.39 is 0 Å². The number of nitrogens with zero attached hydrogens (tertiary/aromatic N) is 2. The molecule has 1 atom stereocenters. The highest BCUT2D eigenvalue weighted by atomic mass is 16.2. The molecule has 2 N–H and O–H groups in total. The number of fused-ring (bicyclic) bond motifs is 1. The Morgan fingerprint density at radius 2 is 2.24 bits per heavy atom. The SMILES string of the molecule is Cc1ccc2n1CCN(C(=O)CCCN)C2C. The Bertz CT molecular complexity index is 411. The normalized spacial score (nSPS) is 19.2. The van der Waals surface area contributed by atoms with Crippen molar-refractivity contribution in [2.45, 2.75) is 39.3 Å². The van der Waals surface area contributed by atoms with Crippen molar-refractivity contribution in [1.82, 2.24) is 9.47 Å². The van der Waals surface area contributed by atoms with Gasteiger partial charge in [-0.1, -0.05) is 0 Å². The van der Waals surface area contributed by atoms with Crippen molar-refractivity contribution >= 4 is 5.91 Å². The van der Waals surface area contributed by atoms with E-state index in [1.807, 2.05) is 4.90 Å². The van der Waals surface area contributed by atoms with Crippen LogP contribution < -0.4 is 5.73 Å². The predicted octanol–water partition coefficient (Wildman–Crippen LogP) is 1.44. The molecule has 1 aromatic heterocycles. The highest BCUT2D eigenvalue weighted by molar-refractivity contribution is 5.76. The van der Waals surface area contributed by atoms with Crippen molar-refractivity contribution < 1.29 is 4.79 Å². The molecule has 0 saturated heterocycles. The van der Waals surface area contributed by atoms with E-state index in [4.69, 9.17) is 5.73 Å². The summed E-state index contributed by atoms with van der Waals surface area (Å²) in [4.78, 5) is 14.0. The fourth-order valence-electron chi connectivity index (χ4n) is 2.56. The summed E-state index contributed by atoms with van der Waals surface area (Å²) < 4.78 is 2.30. The largest absolute Gasteiger partial charge is 0.345 e. The molecule has 1 amide bonds. The number of hydrogen-bond donors (Lipinski definition) is 1. The maximum Gasteiger partial charge on any atom is 0.223 e. The molecule has 1 aromatic rings. The molecule has 0 spiro atoms. The number of rotatable bonds is 3. The Morgan fingerprint density at radius 1 is 1.47 bits per heavy atom. The maximum atomic E-state index is 12.0. The van der Waals surface area contributed by atoms with Crippen LogP contribution in [0.25, 0.3) is 0 Å². The smallest absolute Gasteiger partial charge is 0.223 e. The van der Waals surface area contributed by atoms with Crippen LogP contribution in [0.2, 0.25) is 0 Å². The van der Waals surface area contributed by atoms with Crippen molar-refractivity contribution in [3.8, 4) is 0 Å². The molecule has 4 nitrogen and oxygen atoms in total. The van der Waals surface area contributed by atoms with Gasteiger partial charge in [0.2, 0.25) is 5.91 Å². The van der Waals surface area contributed by atoms with Gasteiger partial charge in [0.05, 0.1) is 6.04 Å². The van der Waals surface area contributed by atoms with Gasteiger partial charge in [-0.15, -0.1) is 0 Å². The van der Waals surface area contributed by atoms with Gasteiger partial charge in [0.1, 0.15) is 0 Å². The van der Waals surface area contributed by atoms with Crippen LogP contribution in [0.15, 0.2) is 12.1 Å². The molecule has 0 aromatic carbocycles. The van der Waals surface area contributed by atoms with Crippen molar-refractivity contribution in [3.63, 3.8) is 0 Å². The second-order valence-electron chi connectivity index (χ2n) is 4.71. The number of nitrogens with two attached hydrogens (primary N) is 1. The van der Waals surface area contributed by atoms with Crippen LogP contribution in [0.1, 0.15) is 37.2 Å². The number of aryl methyl sites for hydroxylation is 1. The van der Waals surface area contributed by atoms with E-state index >= 15 is 0 Å². The average Bonchev–Trinajstić information content (AvgIpc) is 2.69. The summed E-state index contributed by atoms with van der Waals surface area (Å²) in [6.07, 6.45) is 1.35. The molecule has 17 heavy (non-hydrogen) atoms. The first-order chi connectivity index (χ1) is 8.15. The molecule has 0 saturated carbocycles. The standard InChI is InChI=1S/C13H21N3O/c1-10-5-6-12-11(2)16(9-8-15(10)12)13(17)4-3-7-14/h5-6,11H,3-4,7-9,14H2,1-2H3. The topological polar surface area (TPSA) is 51.3 Å². The van der Waals surface area contributed by atoms with Gasteiger partial charge in [-0.25, -0.2) is 0 Å². The van der Waals surface area contributed by atoms with Crippen LogP contribution in [-0.2, 0) is 11.3 Å². The van der Waals surface area contributed by atoms with E-state index in [0.29, 0.717) is 13.0 Å². The van der Waals surface area contributed by atoms with Crippen LogP contribution in [0.4, 0.5) is 0 Å². The third-order valence-electron chi connectivity index (χ3n) is 3.61. The van der Waals surface area contributed by atoms with E-state index in [1.165, 1.54) is 11.4 Å². The molecular weight excluding hydrogens is 214 g/mol. The van der Waals surface area contributed by atoms with E-state index in [-0.39, 0.29) is 11.9 Å². The fourth-order valence-corrected chi connectivity index (χ4v) is 2.56. The monoisotopic (exact) mass is 235 g/mol. The van der Waals surface area contributed by atoms with Gasteiger partial charge < -0.3 is 15.2 Å². The zero-order valence-corrected chi connectivity index (χ0v) is 10.6. The lowest BCUT2D eigenvalue weighted by molar-refractivity contribution is -0.134. The fraction of sp³-hybridized carbons (Fsp3) is 0.615.